The number of amides is 1. The van der Waals surface area contributed by atoms with E-state index in [1.54, 1.807) is 32.7 Å². The fourth-order valence-corrected chi connectivity index (χ4v) is 1.98. The first kappa shape index (κ1) is 19.7. The summed E-state index contributed by atoms with van der Waals surface area (Å²) in [5.74, 6) is -0.589. The Kier molecular flexibility index (Phi) is 9.41. The van der Waals surface area contributed by atoms with E-state index in [4.69, 9.17) is 0 Å². The monoisotopic (exact) mass is 374 g/mol. The number of hydrogen-bond acceptors (Lipinski definition) is 3. The van der Waals surface area contributed by atoms with Gasteiger partial charge in [-0.15, -0.1) is 0 Å². The fraction of sp³-hybridized carbons (Fsp3) is 0.333. The minimum atomic E-state index is -2.40. The Balaban J connectivity index is 0.00000361. The third-order valence-corrected chi connectivity index (χ3v) is 2.93. The van der Waals surface area contributed by atoms with Crippen LogP contribution in [0.3, 0.4) is 0 Å². The van der Waals surface area contributed by atoms with E-state index in [0.29, 0.717) is 17.7 Å². The number of rotatable bonds is 7. The van der Waals surface area contributed by atoms with Crippen molar-refractivity contribution >= 4 is 23.4 Å². The molecule has 0 aliphatic heterocycles. The molecule has 109 valence electrons. The smallest absolute Gasteiger partial charge is 0.0719 e. The molecule has 0 aromatic heterocycles. The zero-order chi connectivity index (χ0) is 14.4. The Morgan fingerprint density at radius 2 is 2.20 bits per heavy atom. The molecule has 8 heteroatoms. The molecule has 0 heterocycles. The number of hydrogen-bond donors (Lipinski definition) is 1. The summed E-state index contributed by atoms with van der Waals surface area (Å²) in [7, 11) is 0. The normalized spacial score (nSPS) is 11.4. The number of halogens is 1. The van der Waals surface area contributed by atoms with Crippen molar-refractivity contribution in [1.82, 2.24) is 4.72 Å². The molecule has 1 N–H and O–H groups in total. The predicted octanol–water partition coefficient (Wildman–Crippen LogP) is 1.17. The van der Waals surface area contributed by atoms with Crippen molar-refractivity contribution in [3.8, 4) is 0 Å². The van der Waals surface area contributed by atoms with Crippen LogP contribution < -0.4 is 9.62 Å². The number of carbonyl (C=O) groups excluding carboxylic acids is 1. The summed E-state index contributed by atoms with van der Waals surface area (Å²) < 4.78 is 37.0. The van der Waals surface area contributed by atoms with Crippen molar-refractivity contribution in [2.75, 3.05) is 11.4 Å². The van der Waals surface area contributed by atoms with Crippen LogP contribution in [-0.2, 0) is 55.3 Å². The van der Waals surface area contributed by atoms with Crippen LogP contribution in [0.1, 0.15) is 25.0 Å². The second kappa shape index (κ2) is 9.57. The summed E-state index contributed by atoms with van der Waals surface area (Å²) in [4.78, 5) is 11.9. The van der Waals surface area contributed by atoms with Crippen molar-refractivity contribution < 1.29 is 50.7 Å². The van der Waals surface area contributed by atoms with Gasteiger partial charge in [-0.25, -0.2) is 9.11 Å². The van der Waals surface area contributed by atoms with Gasteiger partial charge < -0.3 is 14.2 Å². The Bertz CT molecular complexity index is 488. The van der Waals surface area contributed by atoms with Crippen LogP contribution >= 0.6 is 0 Å². The molecular weight excluding hydrogens is 360 g/mol. The van der Waals surface area contributed by atoms with Crippen LogP contribution in [0.25, 0.3) is 0 Å². The van der Waals surface area contributed by atoms with Gasteiger partial charge in [0, 0.05) is 50.5 Å². The number of anilines is 1. The summed E-state index contributed by atoms with van der Waals surface area (Å²) in [5, 5.41) is 0. The Hall–Kier alpha value is -0.336. The van der Waals surface area contributed by atoms with Crippen molar-refractivity contribution in [1.29, 1.82) is 0 Å². The van der Waals surface area contributed by atoms with Gasteiger partial charge in [0.05, 0.1) is 12.2 Å². The van der Waals surface area contributed by atoms with Gasteiger partial charge >= 0.3 is 0 Å². The molecule has 1 amide bonds. The molecule has 0 aliphatic rings. The fourth-order valence-electron chi connectivity index (χ4n) is 1.70. The summed E-state index contributed by atoms with van der Waals surface area (Å²) >= 11 is -2.40. The van der Waals surface area contributed by atoms with Crippen molar-refractivity contribution in [3.05, 3.63) is 35.5 Å². The number of benzene rings is 1. The molecule has 1 atom stereocenters. The largest absolute Gasteiger partial charge is 0.760 e. The summed E-state index contributed by atoms with van der Waals surface area (Å²) in [5.41, 5.74) is 1.13. The maximum Gasteiger partial charge on any atom is 0.0719 e. The van der Waals surface area contributed by atoms with Gasteiger partial charge in [0.15, 0.2) is 0 Å². The van der Waals surface area contributed by atoms with Crippen LogP contribution in [0.15, 0.2) is 12.1 Å². The maximum atomic E-state index is 14.0. The van der Waals surface area contributed by atoms with Gasteiger partial charge in [-0.2, -0.15) is 18.1 Å². The van der Waals surface area contributed by atoms with E-state index in [9.17, 15) is 17.9 Å². The van der Waals surface area contributed by atoms with E-state index in [1.165, 1.54) is 6.07 Å². The van der Waals surface area contributed by atoms with E-state index in [1.807, 2.05) is 0 Å². The molecule has 0 bridgehead atoms. The Morgan fingerprint density at radius 3 is 2.65 bits per heavy atom. The third-order valence-electron chi connectivity index (χ3n) is 2.55. The van der Waals surface area contributed by atoms with E-state index >= 15 is 0 Å². The average Bonchev–Trinajstić information content (AvgIpc) is 2.39. The third kappa shape index (κ3) is 5.22. The molecule has 1 radical (unpaired) electrons. The minimum absolute atomic E-state index is 0. The summed E-state index contributed by atoms with van der Waals surface area (Å²) in [6, 6.07) is 2.82. The molecular formula is C12H14FN2O3SY-3. The molecule has 1 aromatic carbocycles. The van der Waals surface area contributed by atoms with Gasteiger partial charge in [0.2, 0.25) is 0 Å². The second-order valence-corrected chi connectivity index (χ2v) is 4.45. The molecule has 20 heavy (non-hydrogen) atoms. The van der Waals surface area contributed by atoms with Crippen LogP contribution in [0.2, 0.25) is 0 Å². The van der Waals surface area contributed by atoms with E-state index < -0.39 is 17.1 Å². The first-order valence-electron chi connectivity index (χ1n) is 5.63. The first-order valence-corrected chi connectivity index (χ1v) is 6.70. The predicted molar refractivity (Wildman–Crippen MR) is 69.9 cm³/mol. The van der Waals surface area contributed by atoms with Gasteiger partial charge in [-0.3, -0.25) is 4.21 Å². The standard InChI is InChI=1S/C12H15FN2O3S.Y/c1-3-10-5-9(7-14-19(17)18)6-11(13)12(10)15(4-2)8-16;/h3,5-6,14H,4,7H2,1-2H3,(H,17,18);/q-2;/p-1. The Morgan fingerprint density at radius 1 is 1.55 bits per heavy atom. The number of nitrogens with zero attached hydrogens (tertiary/aromatic N) is 1. The SMILES string of the molecule is C[CH-]c1cc(CNS(=O)[O-])cc(F)c1N([C-]=O)CC.[Y]. The van der Waals surface area contributed by atoms with Crippen LogP contribution in [0.4, 0.5) is 10.1 Å². The Labute approximate surface area is 145 Å². The summed E-state index contributed by atoms with van der Waals surface area (Å²) in [6.07, 6.45) is 3.31. The van der Waals surface area contributed by atoms with Gasteiger partial charge in [-0.05, 0) is 13.5 Å². The molecule has 1 aromatic rings. The van der Waals surface area contributed by atoms with E-state index in [-0.39, 0.29) is 44.9 Å². The molecule has 0 spiro atoms. The van der Waals surface area contributed by atoms with E-state index in [2.05, 4.69) is 4.72 Å². The summed E-state index contributed by atoms with van der Waals surface area (Å²) in [6.45, 7) is 3.70. The molecule has 0 aliphatic carbocycles. The molecule has 0 saturated heterocycles. The van der Waals surface area contributed by atoms with Crippen LogP contribution in [0.5, 0.6) is 0 Å². The van der Waals surface area contributed by atoms with Gasteiger partial charge in [0.25, 0.3) is 0 Å². The van der Waals surface area contributed by atoms with Gasteiger partial charge in [-0.1, -0.05) is 24.2 Å². The maximum absolute atomic E-state index is 14.0. The average molecular weight is 374 g/mol. The molecule has 0 fully saturated rings. The second-order valence-electron chi connectivity index (χ2n) is 3.70. The molecule has 1 rings (SSSR count). The number of nitrogens with one attached hydrogen (secondary N) is 1. The zero-order valence-electron chi connectivity index (χ0n) is 11.2. The van der Waals surface area contributed by atoms with E-state index in [0.717, 1.165) is 4.90 Å². The zero-order valence-corrected chi connectivity index (χ0v) is 14.8. The van der Waals surface area contributed by atoms with Crippen molar-refractivity contribution in [2.24, 2.45) is 0 Å². The molecule has 5 nitrogen and oxygen atoms in total. The quantitative estimate of drug-likeness (QED) is 0.443. The topological polar surface area (TPSA) is 72.5 Å². The van der Waals surface area contributed by atoms with Crippen LogP contribution in [0, 0.1) is 12.2 Å². The minimum Gasteiger partial charge on any atom is -0.760 e. The molecule has 0 saturated carbocycles. The van der Waals surface area contributed by atoms with Crippen molar-refractivity contribution in [3.63, 3.8) is 0 Å². The molecule has 1 unspecified atom stereocenters. The van der Waals surface area contributed by atoms with Crippen LogP contribution in [-0.4, -0.2) is 21.7 Å². The first-order chi connectivity index (χ1) is 9.03. The van der Waals surface area contributed by atoms with Gasteiger partial charge in [0.1, 0.15) is 0 Å². The van der Waals surface area contributed by atoms with Crippen molar-refractivity contribution in [2.45, 2.75) is 20.4 Å².